The lowest BCUT2D eigenvalue weighted by Gasteiger charge is -2.30. The molecule has 13 heteroatoms. The van der Waals surface area contributed by atoms with Crippen LogP contribution < -0.4 is 23.8 Å². The van der Waals surface area contributed by atoms with Crippen molar-refractivity contribution in [2.75, 3.05) is 32.3 Å². The third-order valence-corrected chi connectivity index (χ3v) is 7.74. The number of pyridine rings is 1. The normalized spacial score (nSPS) is 14.3. The van der Waals surface area contributed by atoms with E-state index in [1.54, 1.807) is 24.4 Å². The maximum atomic E-state index is 12.0. The summed E-state index contributed by atoms with van der Waals surface area (Å²) in [6, 6.07) is 8.70. The molecule has 1 aliphatic heterocycles. The van der Waals surface area contributed by atoms with Crippen molar-refractivity contribution in [3.63, 3.8) is 0 Å². The molecule has 0 radical (unpaired) electrons. The molecule has 12 nitrogen and oxygen atoms in total. The van der Waals surface area contributed by atoms with E-state index in [1.807, 2.05) is 19.1 Å². The maximum Gasteiger partial charge on any atom is 0.411 e. The zero-order valence-electron chi connectivity index (χ0n) is 22.3. The Labute approximate surface area is 237 Å². The summed E-state index contributed by atoms with van der Waals surface area (Å²) in [5.74, 6) is 1.82. The quantitative estimate of drug-likeness (QED) is 0.283. The molecular weight excluding hydrogens is 550 g/mol. The van der Waals surface area contributed by atoms with Crippen molar-refractivity contribution in [3.8, 4) is 33.8 Å². The first-order valence-electron chi connectivity index (χ1n) is 12.6. The average Bonchev–Trinajstić information content (AvgIpc) is 3.45. The highest BCUT2D eigenvalue weighted by molar-refractivity contribution is 7.22. The second-order valence-electron chi connectivity index (χ2n) is 9.30. The first-order valence-corrected chi connectivity index (χ1v) is 13.4. The Bertz CT molecular complexity index is 1770. The average molecular weight is 576 g/mol. The van der Waals surface area contributed by atoms with Crippen LogP contribution >= 0.6 is 11.3 Å². The molecule has 0 bridgehead atoms. The summed E-state index contributed by atoms with van der Waals surface area (Å²) in [4.78, 5) is 31.3. The monoisotopic (exact) mass is 575 g/mol. The van der Waals surface area contributed by atoms with E-state index in [1.165, 1.54) is 31.8 Å². The lowest BCUT2D eigenvalue weighted by atomic mass is 10.1. The zero-order chi connectivity index (χ0) is 28.7. The molecule has 1 aliphatic rings. The number of anilines is 1. The van der Waals surface area contributed by atoms with Gasteiger partial charge in [0, 0.05) is 11.6 Å². The third-order valence-electron chi connectivity index (χ3n) is 6.65. The van der Waals surface area contributed by atoms with Gasteiger partial charge in [-0.3, -0.25) is 4.90 Å². The predicted molar refractivity (Wildman–Crippen MR) is 151 cm³/mol. The van der Waals surface area contributed by atoms with Gasteiger partial charge in [0.05, 0.1) is 62.0 Å². The van der Waals surface area contributed by atoms with E-state index in [4.69, 9.17) is 23.9 Å². The van der Waals surface area contributed by atoms with E-state index in [-0.39, 0.29) is 19.8 Å². The third kappa shape index (κ3) is 4.89. The number of carbonyl (C=O) groups is 1. The minimum atomic E-state index is -1.14. The van der Waals surface area contributed by atoms with Crippen LogP contribution in [0.1, 0.15) is 11.1 Å². The number of aromatic nitrogens is 4. The molecule has 0 saturated heterocycles. The minimum absolute atomic E-state index is 0.0376. The summed E-state index contributed by atoms with van der Waals surface area (Å²) in [7, 11) is 3.01. The van der Waals surface area contributed by atoms with Gasteiger partial charge in [-0.15, -0.1) is 11.3 Å². The van der Waals surface area contributed by atoms with Crippen molar-refractivity contribution in [2.45, 2.75) is 19.6 Å². The number of thiazole rings is 1. The van der Waals surface area contributed by atoms with Crippen LogP contribution in [0.2, 0.25) is 0 Å². The van der Waals surface area contributed by atoms with Gasteiger partial charge in [-0.05, 0) is 42.3 Å². The second-order valence-corrected chi connectivity index (χ2v) is 10.3. The van der Waals surface area contributed by atoms with E-state index >= 15 is 0 Å². The van der Waals surface area contributed by atoms with Gasteiger partial charge in [0.2, 0.25) is 11.8 Å². The van der Waals surface area contributed by atoms with Crippen molar-refractivity contribution in [1.29, 1.82) is 0 Å². The van der Waals surface area contributed by atoms with Crippen LogP contribution in [0.15, 0.2) is 42.7 Å². The van der Waals surface area contributed by atoms with Crippen molar-refractivity contribution >= 4 is 44.4 Å². The number of carboxylic acid groups (broad SMARTS) is 1. The van der Waals surface area contributed by atoms with Gasteiger partial charge in [0.15, 0.2) is 17.6 Å². The number of nitrogens with zero attached hydrogens (tertiary/aromatic N) is 5. The second kappa shape index (κ2) is 10.7. The first kappa shape index (κ1) is 26.5. The highest BCUT2D eigenvalue weighted by Crippen LogP contribution is 2.46. The van der Waals surface area contributed by atoms with Crippen LogP contribution in [0.3, 0.4) is 0 Å². The van der Waals surface area contributed by atoms with Crippen LogP contribution in [0.5, 0.6) is 23.3 Å². The molecule has 0 fully saturated rings. The largest absolute Gasteiger partial charge is 0.484 e. The fourth-order valence-corrected chi connectivity index (χ4v) is 5.82. The maximum absolute atomic E-state index is 12.0. The Morgan fingerprint density at radius 3 is 2.63 bits per heavy atom. The van der Waals surface area contributed by atoms with Crippen molar-refractivity contribution < 1.29 is 34.0 Å². The van der Waals surface area contributed by atoms with E-state index in [2.05, 4.69) is 15.0 Å². The molecule has 0 unspecified atom stereocenters. The number of benzene rings is 2. The highest BCUT2D eigenvalue weighted by Gasteiger charge is 2.30. The molecule has 3 aromatic heterocycles. The predicted octanol–water partition coefficient (Wildman–Crippen LogP) is 4.44. The Balaban J connectivity index is 1.34. The van der Waals surface area contributed by atoms with E-state index in [9.17, 15) is 15.0 Å². The van der Waals surface area contributed by atoms with Gasteiger partial charge >= 0.3 is 6.09 Å². The molecule has 1 atom stereocenters. The summed E-state index contributed by atoms with van der Waals surface area (Å²) in [6.07, 6.45) is 1.29. The SMILES string of the molecule is COc1ccc(N(C[C@@H]2COc3c(cc(C)c4nc(-c5cc(CO)cc6nc(OC)cnc56)sc34)O2)C(=O)O)cn1. The molecular formula is C28H25N5O7S. The molecule has 41 heavy (non-hydrogen) atoms. The summed E-state index contributed by atoms with van der Waals surface area (Å²) >= 11 is 1.42. The molecule has 6 rings (SSSR count). The van der Waals surface area contributed by atoms with E-state index in [0.29, 0.717) is 50.6 Å². The Kier molecular flexibility index (Phi) is 6.89. The summed E-state index contributed by atoms with van der Waals surface area (Å²) < 4.78 is 23.5. The van der Waals surface area contributed by atoms with Gasteiger partial charge in [-0.25, -0.2) is 24.7 Å². The van der Waals surface area contributed by atoms with Gasteiger partial charge in [0.1, 0.15) is 16.3 Å². The number of hydrogen-bond donors (Lipinski definition) is 2. The summed E-state index contributed by atoms with van der Waals surface area (Å²) in [5.41, 5.74) is 4.64. The van der Waals surface area contributed by atoms with Crippen molar-refractivity contribution in [3.05, 3.63) is 53.9 Å². The topological polar surface area (TPSA) is 149 Å². The lowest BCUT2D eigenvalue weighted by molar-refractivity contribution is 0.0961. The number of fused-ring (bicyclic) bond motifs is 4. The Morgan fingerprint density at radius 1 is 1.10 bits per heavy atom. The number of aliphatic hydroxyl groups excluding tert-OH is 1. The molecule has 210 valence electrons. The van der Waals surface area contributed by atoms with Gasteiger partial charge in [-0.1, -0.05) is 0 Å². The molecule has 5 aromatic rings. The Morgan fingerprint density at radius 2 is 1.93 bits per heavy atom. The van der Waals surface area contributed by atoms with Crippen LogP contribution in [-0.2, 0) is 6.61 Å². The van der Waals surface area contributed by atoms with Crippen molar-refractivity contribution in [2.24, 2.45) is 0 Å². The molecule has 2 aromatic carbocycles. The fourth-order valence-electron chi connectivity index (χ4n) is 4.67. The summed E-state index contributed by atoms with van der Waals surface area (Å²) in [5, 5.41) is 20.4. The molecule has 2 N–H and O–H groups in total. The smallest absolute Gasteiger partial charge is 0.411 e. The lowest BCUT2D eigenvalue weighted by Crippen LogP contribution is -2.43. The summed E-state index contributed by atoms with van der Waals surface area (Å²) in [6.45, 7) is 1.94. The number of ether oxygens (including phenoxy) is 4. The zero-order valence-corrected chi connectivity index (χ0v) is 23.1. The van der Waals surface area contributed by atoms with Gasteiger partial charge in [0.25, 0.3) is 0 Å². The van der Waals surface area contributed by atoms with Gasteiger partial charge in [-0.2, -0.15) is 0 Å². The number of hydrogen-bond acceptors (Lipinski definition) is 11. The van der Waals surface area contributed by atoms with E-state index in [0.717, 1.165) is 26.2 Å². The Hall–Kier alpha value is -4.75. The number of methoxy groups -OCH3 is 2. The van der Waals surface area contributed by atoms with Crippen LogP contribution in [0, 0.1) is 6.92 Å². The number of aryl methyl sites for hydroxylation is 1. The van der Waals surface area contributed by atoms with Gasteiger partial charge < -0.3 is 29.2 Å². The number of amides is 1. The molecule has 0 saturated carbocycles. The van der Waals surface area contributed by atoms with E-state index < -0.39 is 12.2 Å². The standard InChI is InChI=1S/C28H25N5O7S/c1-14-6-20-25(39-13-17(40-20)11-33(28(35)36)16-4-5-21(37-2)29-9-16)26-23(14)32-27(41-26)18-7-15(12-34)8-19-24(18)30-10-22(31-19)38-3/h4-10,17,34H,11-13H2,1-3H3,(H,35,36)/t17-/m1/s1. The van der Waals surface area contributed by atoms with Crippen LogP contribution in [0.25, 0.3) is 31.8 Å². The first-order chi connectivity index (χ1) is 19.9. The number of rotatable bonds is 7. The number of aliphatic hydroxyl groups is 1. The molecule has 1 amide bonds. The molecule has 4 heterocycles. The molecule has 0 aliphatic carbocycles. The fraction of sp³-hybridized carbons (Fsp3) is 0.250. The van der Waals surface area contributed by atoms with Crippen LogP contribution in [-0.4, -0.2) is 69.7 Å². The van der Waals surface area contributed by atoms with Crippen molar-refractivity contribution in [1.82, 2.24) is 19.9 Å². The molecule has 0 spiro atoms. The highest BCUT2D eigenvalue weighted by atomic mass is 32.1. The van der Waals surface area contributed by atoms with Crippen LogP contribution in [0.4, 0.5) is 10.5 Å². The minimum Gasteiger partial charge on any atom is -0.484 e.